The number of carbonyl (C=O) groups is 2. The Bertz CT molecular complexity index is 700. The van der Waals surface area contributed by atoms with E-state index >= 15 is 0 Å². The second-order valence-electron chi connectivity index (χ2n) is 5.51. The van der Waals surface area contributed by atoms with Crippen LogP contribution in [0.3, 0.4) is 0 Å². The lowest BCUT2D eigenvalue weighted by Gasteiger charge is -2.33. The number of thiophene rings is 1. The molecule has 6 nitrogen and oxygen atoms in total. The Morgan fingerprint density at radius 3 is 2.48 bits per heavy atom. The van der Waals surface area contributed by atoms with Crippen LogP contribution >= 0.6 is 11.3 Å². The number of amides is 2. The van der Waals surface area contributed by atoms with Crippen molar-refractivity contribution in [1.82, 2.24) is 19.6 Å². The van der Waals surface area contributed by atoms with Crippen molar-refractivity contribution in [2.45, 2.75) is 20.4 Å². The van der Waals surface area contributed by atoms with Gasteiger partial charge < -0.3 is 9.80 Å². The van der Waals surface area contributed by atoms with Gasteiger partial charge in [-0.2, -0.15) is 5.10 Å². The Labute approximate surface area is 139 Å². The third-order valence-electron chi connectivity index (χ3n) is 4.08. The van der Waals surface area contributed by atoms with Crippen molar-refractivity contribution in [3.63, 3.8) is 0 Å². The average molecular weight is 332 g/mol. The SMILES string of the molecule is CCn1nc(C(=O)N2CCN(C(C)=O)CC2)cc1-c1cccs1. The summed E-state index contributed by atoms with van der Waals surface area (Å²) in [6, 6.07) is 5.90. The lowest BCUT2D eigenvalue weighted by atomic mass is 10.2. The standard InChI is InChI=1S/C16H20N4O2S/c1-3-20-14(15-5-4-10-23-15)11-13(17-20)16(22)19-8-6-18(7-9-19)12(2)21/h4-5,10-11H,3,6-9H2,1-2H3. The van der Waals surface area contributed by atoms with Crippen LogP contribution in [0.5, 0.6) is 0 Å². The molecule has 0 atom stereocenters. The molecule has 0 saturated carbocycles. The summed E-state index contributed by atoms with van der Waals surface area (Å²) in [6.45, 7) is 6.61. The minimum absolute atomic E-state index is 0.0572. The van der Waals surface area contributed by atoms with Gasteiger partial charge in [0.2, 0.25) is 5.91 Å². The van der Waals surface area contributed by atoms with E-state index in [2.05, 4.69) is 5.10 Å². The predicted octanol–water partition coefficient (Wildman–Crippen LogP) is 1.94. The third-order valence-corrected chi connectivity index (χ3v) is 4.98. The molecule has 7 heteroatoms. The summed E-state index contributed by atoms with van der Waals surface area (Å²) in [5.74, 6) is 0.00514. The summed E-state index contributed by atoms with van der Waals surface area (Å²) in [7, 11) is 0. The largest absolute Gasteiger partial charge is 0.339 e. The first-order valence-electron chi connectivity index (χ1n) is 7.76. The molecular formula is C16H20N4O2S. The minimum Gasteiger partial charge on any atom is -0.339 e. The van der Waals surface area contributed by atoms with Gasteiger partial charge in [0, 0.05) is 39.6 Å². The molecule has 3 rings (SSSR count). The lowest BCUT2D eigenvalue weighted by molar-refractivity contribution is -0.130. The summed E-state index contributed by atoms with van der Waals surface area (Å²) >= 11 is 1.64. The fourth-order valence-corrected chi connectivity index (χ4v) is 3.52. The molecule has 0 aromatic carbocycles. The van der Waals surface area contributed by atoms with Gasteiger partial charge in [0.25, 0.3) is 5.91 Å². The summed E-state index contributed by atoms with van der Waals surface area (Å²) in [5.41, 5.74) is 1.46. The second-order valence-corrected chi connectivity index (χ2v) is 6.45. The Balaban J connectivity index is 1.77. The summed E-state index contributed by atoms with van der Waals surface area (Å²) < 4.78 is 1.87. The fraction of sp³-hybridized carbons (Fsp3) is 0.438. The van der Waals surface area contributed by atoms with Crippen molar-refractivity contribution in [1.29, 1.82) is 0 Å². The Hall–Kier alpha value is -2.15. The number of aromatic nitrogens is 2. The molecule has 0 radical (unpaired) electrons. The molecular weight excluding hydrogens is 312 g/mol. The van der Waals surface area contributed by atoms with E-state index in [1.165, 1.54) is 0 Å². The van der Waals surface area contributed by atoms with E-state index in [0.29, 0.717) is 31.9 Å². The van der Waals surface area contributed by atoms with Gasteiger partial charge in [0.1, 0.15) is 0 Å². The third kappa shape index (κ3) is 3.14. The van der Waals surface area contributed by atoms with E-state index in [1.54, 1.807) is 28.1 Å². The lowest BCUT2D eigenvalue weighted by Crippen LogP contribution is -2.50. The highest BCUT2D eigenvalue weighted by molar-refractivity contribution is 7.13. The van der Waals surface area contributed by atoms with Crippen molar-refractivity contribution in [2.24, 2.45) is 0 Å². The van der Waals surface area contributed by atoms with Crippen molar-refractivity contribution in [2.75, 3.05) is 26.2 Å². The fourth-order valence-electron chi connectivity index (χ4n) is 2.77. The highest BCUT2D eigenvalue weighted by Crippen LogP contribution is 2.26. The van der Waals surface area contributed by atoms with Gasteiger partial charge >= 0.3 is 0 Å². The topological polar surface area (TPSA) is 58.4 Å². The maximum absolute atomic E-state index is 12.7. The van der Waals surface area contributed by atoms with Crippen LogP contribution in [-0.2, 0) is 11.3 Å². The van der Waals surface area contributed by atoms with Crippen LogP contribution < -0.4 is 0 Å². The summed E-state index contributed by atoms with van der Waals surface area (Å²) in [6.07, 6.45) is 0. The molecule has 0 spiro atoms. The smallest absolute Gasteiger partial charge is 0.274 e. The van der Waals surface area contributed by atoms with E-state index in [4.69, 9.17) is 0 Å². The van der Waals surface area contributed by atoms with Crippen molar-refractivity contribution >= 4 is 23.2 Å². The zero-order valence-electron chi connectivity index (χ0n) is 13.4. The van der Waals surface area contributed by atoms with Crippen molar-refractivity contribution in [3.8, 4) is 10.6 Å². The highest BCUT2D eigenvalue weighted by Gasteiger charge is 2.25. The number of hydrogen-bond donors (Lipinski definition) is 0. The first kappa shape index (κ1) is 15.7. The number of hydrogen-bond acceptors (Lipinski definition) is 4. The molecule has 2 aromatic heterocycles. The number of rotatable bonds is 3. The van der Waals surface area contributed by atoms with E-state index in [-0.39, 0.29) is 11.8 Å². The molecule has 2 aromatic rings. The van der Waals surface area contributed by atoms with Gasteiger partial charge in [0.15, 0.2) is 5.69 Å². The number of aryl methyl sites for hydroxylation is 1. The molecule has 122 valence electrons. The first-order chi connectivity index (χ1) is 11.1. The van der Waals surface area contributed by atoms with Crippen molar-refractivity contribution in [3.05, 3.63) is 29.3 Å². The normalized spacial score (nSPS) is 15.0. The molecule has 1 aliphatic heterocycles. The van der Waals surface area contributed by atoms with E-state index in [9.17, 15) is 9.59 Å². The van der Waals surface area contributed by atoms with Gasteiger partial charge in [-0.3, -0.25) is 14.3 Å². The Morgan fingerprint density at radius 1 is 1.22 bits per heavy atom. The minimum atomic E-state index is -0.0572. The van der Waals surface area contributed by atoms with E-state index < -0.39 is 0 Å². The molecule has 0 unspecified atom stereocenters. The summed E-state index contributed by atoms with van der Waals surface area (Å²) in [4.78, 5) is 28.7. The average Bonchev–Trinajstić information content (AvgIpc) is 3.23. The molecule has 1 fully saturated rings. The molecule has 0 aliphatic carbocycles. The van der Waals surface area contributed by atoms with Crippen LogP contribution in [-0.4, -0.2) is 57.6 Å². The maximum Gasteiger partial charge on any atom is 0.274 e. The Morgan fingerprint density at radius 2 is 1.91 bits per heavy atom. The molecule has 23 heavy (non-hydrogen) atoms. The van der Waals surface area contributed by atoms with E-state index in [0.717, 1.165) is 17.1 Å². The maximum atomic E-state index is 12.7. The van der Waals surface area contributed by atoms with Crippen LogP contribution in [0.4, 0.5) is 0 Å². The van der Waals surface area contributed by atoms with Gasteiger partial charge in [-0.25, -0.2) is 0 Å². The van der Waals surface area contributed by atoms with Crippen LogP contribution in [0.15, 0.2) is 23.6 Å². The van der Waals surface area contributed by atoms with Gasteiger partial charge in [0.05, 0.1) is 10.6 Å². The van der Waals surface area contributed by atoms with E-state index in [1.807, 2.05) is 35.2 Å². The zero-order chi connectivity index (χ0) is 16.4. The van der Waals surface area contributed by atoms with Gasteiger partial charge in [-0.1, -0.05) is 6.07 Å². The molecule has 0 N–H and O–H groups in total. The number of carbonyl (C=O) groups excluding carboxylic acids is 2. The van der Waals surface area contributed by atoms with Gasteiger partial charge in [-0.05, 0) is 24.4 Å². The zero-order valence-corrected chi connectivity index (χ0v) is 14.2. The van der Waals surface area contributed by atoms with Crippen LogP contribution in [0.2, 0.25) is 0 Å². The quantitative estimate of drug-likeness (QED) is 0.863. The molecule has 1 aliphatic rings. The highest BCUT2D eigenvalue weighted by atomic mass is 32.1. The second kappa shape index (κ2) is 6.54. The molecule has 1 saturated heterocycles. The van der Waals surface area contributed by atoms with Gasteiger partial charge in [-0.15, -0.1) is 11.3 Å². The Kier molecular flexibility index (Phi) is 4.47. The monoisotopic (exact) mass is 332 g/mol. The van der Waals surface area contributed by atoms with Crippen LogP contribution in [0.25, 0.3) is 10.6 Å². The summed E-state index contributed by atoms with van der Waals surface area (Å²) in [5, 5.41) is 6.48. The first-order valence-corrected chi connectivity index (χ1v) is 8.64. The number of piperazine rings is 1. The predicted molar refractivity (Wildman–Crippen MR) is 89.4 cm³/mol. The van der Waals surface area contributed by atoms with Crippen LogP contribution in [0, 0.1) is 0 Å². The van der Waals surface area contributed by atoms with Crippen molar-refractivity contribution < 1.29 is 9.59 Å². The van der Waals surface area contributed by atoms with Crippen LogP contribution in [0.1, 0.15) is 24.3 Å². The molecule has 0 bridgehead atoms. The molecule has 2 amide bonds. The number of nitrogens with zero attached hydrogens (tertiary/aromatic N) is 4. The molecule has 3 heterocycles.